The van der Waals surface area contributed by atoms with Crippen LogP contribution in [0.5, 0.6) is 0 Å². The quantitative estimate of drug-likeness (QED) is 0.766. The molecule has 2 N–H and O–H groups in total. The highest BCUT2D eigenvalue weighted by Gasteiger charge is 2.14. The fourth-order valence-electron chi connectivity index (χ4n) is 1.30. The molecule has 4 nitrogen and oxygen atoms in total. The van der Waals surface area contributed by atoms with Gasteiger partial charge in [-0.05, 0) is 50.0 Å². The number of thiophene rings is 1. The summed E-state index contributed by atoms with van der Waals surface area (Å²) in [7, 11) is 1.63. The Morgan fingerprint density at radius 2 is 2.29 bits per heavy atom. The smallest absolute Gasteiger partial charge is 0.173 e. The molecule has 0 aliphatic rings. The van der Waals surface area contributed by atoms with Crippen LogP contribution < -0.4 is 5.73 Å². The second-order valence-electron chi connectivity index (χ2n) is 3.22. The van der Waals surface area contributed by atoms with E-state index in [1.807, 2.05) is 11.4 Å². The van der Waals surface area contributed by atoms with Gasteiger partial charge in [-0.25, -0.2) is 9.97 Å². The molecule has 2 rings (SSSR count). The minimum absolute atomic E-state index is 0.432. The van der Waals surface area contributed by atoms with E-state index in [-0.39, 0.29) is 0 Å². The van der Waals surface area contributed by atoms with E-state index >= 15 is 0 Å². The molecular formula is C10H9BrIN3OS. The molecular weight excluding hydrogens is 417 g/mol. The van der Waals surface area contributed by atoms with Gasteiger partial charge in [-0.15, -0.1) is 11.3 Å². The van der Waals surface area contributed by atoms with E-state index in [0.717, 1.165) is 18.6 Å². The van der Waals surface area contributed by atoms with Crippen molar-refractivity contribution in [2.45, 2.75) is 6.61 Å². The standard InChI is InChI=1S/C10H9BrIN3OS/c1-16-4-6-7(12)9(13)15-10(14-6)8-5(11)2-3-17-8/h2-3H,4H2,1H3,(H2,13,14,15). The predicted molar refractivity (Wildman–Crippen MR) is 80.9 cm³/mol. The van der Waals surface area contributed by atoms with E-state index in [4.69, 9.17) is 10.5 Å². The average molecular weight is 426 g/mol. The van der Waals surface area contributed by atoms with Crippen molar-refractivity contribution in [1.29, 1.82) is 0 Å². The Hall–Kier alpha value is -0.250. The zero-order valence-electron chi connectivity index (χ0n) is 8.91. The van der Waals surface area contributed by atoms with Crippen molar-refractivity contribution < 1.29 is 4.74 Å². The van der Waals surface area contributed by atoms with Crippen LogP contribution in [0.3, 0.4) is 0 Å². The van der Waals surface area contributed by atoms with Crippen LogP contribution >= 0.6 is 49.9 Å². The molecule has 90 valence electrons. The van der Waals surface area contributed by atoms with E-state index in [1.54, 1.807) is 18.4 Å². The Kier molecular flexibility index (Phi) is 4.34. The van der Waals surface area contributed by atoms with Crippen molar-refractivity contribution in [3.05, 3.63) is 25.2 Å². The lowest BCUT2D eigenvalue weighted by Gasteiger charge is -2.07. The summed E-state index contributed by atoms with van der Waals surface area (Å²) in [6.07, 6.45) is 0. The van der Waals surface area contributed by atoms with Gasteiger partial charge in [0, 0.05) is 11.6 Å². The highest BCUT2D eigenvalue weighted by atomic mass is 127. The van der Waals surface area contributed by atoms with Gasteiger partial charge in [0.1, 0.15) is 5.82 Å². The molecule has 2 heterocycles. The lowest BCUT2D eigenvalue weighted by atomic mass is 10.3. The number of anilines is 1. The van der Waals surface area contributed by atoms with Crippen molar-refractivity contribution in [3.63, 3.8) is 0 Å². The zero-order chi connectivity index (χ0) is 12.4. The second kappa shape index (κ2) is 5.59. The third kappa shape index (κ3) is 2.78. The zero-order valence-corrected chi connectivity index (χ0v) is 13.5. The van der Waals surface area contributed by atoms with Crippen LogP contribution in [0.4, 0.5) is 5.82 Å². The third-order valence-electron chi connectivity index (χ3n) is 2.05. The summed E-state index contributed by atoms with van der Waals surface area (Å²) in [5.41, 5.74) is 6.70. The number of nitrogen functional groups attached to an aromatic ring is 1. The molecule has 0 amide bonds. The molecule has 0 spiro atoms. The van der Waals surface area contributed by atoms with E-state index in [0.29, 0.717) is 18.2 Å². The van der Waals surface area contributed by atoms with Crippen molar-refractivity contribution >= 4 is 55.7 Å². The van der Waals surface area contributed by atoms with Crippen LogP contribution in [0.2, 0.25) is 0 Å². The second-order valence-corrected chi connectivity index (χ2v) is 6.07. The fourth-order valence-corrected chi connectivity index (χ4v) is 3.18. The monoisotopic (exact) mass is 425 g/mol. The fraction of sp³-hybridized carbons (Fsp3) is 0.200. The summed E-state index contributed by atoms with van der Waals surface area (Å²) >= 11 is 7.17. The Labute approximate surface area is 125 Å². The van der Waals surface area contributed by atoms with E-state index in [9.17, 15) is 0 Å². The summed E-state index contributed by atoms with van der Waals surface area (Å²) in [4.78, 5) is 9.76. The Bertz CT molecular complexity index is 546. The van der Waals surface area contributed by atoms with Crippen molar-refractivity contribution in [3.8, 4) is 10.7 Å². The maximum atomic E-state index is 5.88. The van der Waals surface area contributed by atoms with Gasteiger partial charge in [0.2, 0.25) is 0 Å². The molecule has 0 aromatic carbocycles. The maximum Gasteiger partial charge on any atom is 0.173 e. The van der Waals surface area contributed by atoms with Crippen LogP contribution in [-0.2, 0) is 11.3 Å². The molecule has 0 radical (unpaired) electrons. The molecule has 0 saturated carbocycles. The van der Waals surface area contributed by atoms with Gasteiger partial charge in [0.05, 0.1) is 20.7 Å². The summed E-state index contributed by atoms with van der Waals surface area (Å²) in [6, 6.07) is 1.97. The van der Waals surface area contributed by atoms with Crippen LogP contribution in [-0.4, -0.2) is 17.1 Å². The number of nitrogens with two attached hydrogens (primary N) is 1. The first-order valence-electron chi connectivity index (χ1n) is 4.67. The van der Waals surface area contributed by atoms with Crippen LogP contribution in [0, 0.1) is 3.57 Å². The van der Waals surface area contributed by atoms with Gasteiger partial charge < -0.3 is 10.5 Å². The molecule has 0 atom stereocenters. The molecule has 7 heteroatoms. The van der Waals surface area contributed by atoms with Gasteiger partial charge in [0.25, 0.3) is 0 Å². The predicted octanol–water partition coefficient (Wildman–Crippen LogP) is 3.30. The van der Waals surface area contributed by atoms with Crippen molar-refractivity contribution in [1.82, 2.24) is 9.97 Å². The van der Waals surface area contributed by atoms with Gasteiger partial charge >= 0.3 is 0 Å². The molecule has 0 unspecified atom stereocenters. The first-order chi connectivity index (χ1) is 8.13. The molecule has 17 heavy (non-hydrogen) atoms. The Balaban J connectivity index is 2.53. The lowest BCUT2D eigenvalue weighted by molar-refractivity contribution is 0.181. The van der Waals surface area contributed by atoms with E-state index in [1.165, 1.54) is 0 Å². The summed E-state index contributed by atoms with van der Waals surface area (Å²) in [5, 5.41) is 1.98. The molecule has 2 aromatic rings. The molecule has 0 aliphatic heterocycles. The van der Waals surface area contributed by atoms with Crippen LogP contribution in [0.1, 0.15) is 5.69 Å². The highest BCUT2D eigenvalue weighted by Crippen LogP contribution is 2.32. The molecule has 0 fully saturated rings. The number of hydrogen-bond donors (Lipinski definition) is 1. The van der Waals surface area contributed by atoms with Gasteiger partial charge in [-0.3, -0.25) is 0 Å². The number of ether oxygens (including phenoxy) is 1. The van der Waals surface area contributed by atoms with Gasteiger partial charge in [0.15, 0.2) is 5.82 Å². The van der Waals surface area contributed by atoms with Gasteiger partial charge in [-0.2, -0.15) is 0 Å². The number of methoxy groups -OCH3 is 1. The summed E-state index contributed by atoms with van der Waals surface area (Å²) in [6.45, 7) is 0.432. The molecule has 0 saturated heterocycles. The van der Waals surface area contributed by atoms with Gasteiger partial charge in [-0.1, -0.05) is 0 Å². The van der Waals surface area contributed by atoms with Crippen molar-refractivity contribution in [2.75, 3.05) is 12.8 Å². The number of nitrogens with zero attached hydrogens (tertiary/aromatic N) is 2. The average Bonchev–Trinajstić information content (AvgIpc) is 2.71. The highest BCUT2D eigenvalue weighted by molar-refractivity contribution is 14.1. The number of halogens is 2. The third-order valence-corrected chi connectivity index (χ3v) is 5.06. The number of hydrogen-bond acceptors (Lipinski definition) is 5. The first kappa shape index (κ1) is 13.2. The minimum Gasteiger partial charge on any atom is -0.383 e. The van der Waals surface area contributed by atoms with E-state index in [2.05, 4.69) is 48.5 Å². The Morgan fingerprint density at radius 3 is 2.88 bits per heavy atom. The largest absolute Gasteiger partial charge is 0.383 e. The maximum absolute atomic E-state index is 5.88. The number of aromatic nitrogens is 2. The minimum atomic E-state index is 0.432. The van der Waals surface area contributed by atoms with Crippen LogP contribution in [0.25, 0.3) is 10.7 Å². The Morgan fingerprint density at radius 1 is 1.53 bits per heavy atom. The molecule has 0 bridgehead atoms. The molecule has 2 aromatic heterocycles. The summed E-state index contributed by atoms with van der Waals surface area (Å²) < 4.78 is 6.93. The molecule has 0 aliphatic carbocycles. The lowest BCUT2D eigenvalue weighted by Crippen LogP contribution is -2.05. The number of rotatable bonds is 3. The summed E-state index contributed by atoms with van der Waals surface area (Å²) in [5.74, 6) is 1.12. The van der Waals surface area contributed by atoms with Crippen LogP contribution in [0.15, 0.2) is 15.9 Å². The SMILES string of the molecule is COCc1nc(-c2sccc2Br)nc(N)c1I. The topological polar surface area (TPSA) is 61.0 Å². The van der Waals surface area contributed by atoms with Crippen molar-refractivity contribution in [2.24, 2.45) is 0 Å². The first-order valence-corrected chi connectivity index (χ1v) is 7.42. The van der Waals surface area contributed by atoms with E-state index < -0.39 is 0 Å². The normalized spacial score (nSPS) is 10.8.